The summed E-state index contributed by atoms with van der Waals surface area (Å²) in [6.45, 7) is 5.16. The van der Waals surface area contributed by atoms with Gasteiger partial charge in [-0.25, -0.2) is 0 Å². The van der Waals surface area contributed by atoms with Crippen molar-refractivity contribution in [3.8, 4) is 11.5 Å². The molecule has 0 spiro atoms. The summed E-state index contributed by atoms with van der Waals surface area (Å²) in [7, 11) is -7.50. The molecule has 336 valence electrons. The van der Waals surface area contributed by atoms with Gasteiger partial charge in [0.15, 0.2) is 0 Å². The Morgan fingerprint density at radius 1 is 0.386 bits per heavy atom. The summed E-state index contributed by atoms with van der Waals surface area (Å²) in [5.41, 5.74) is 0.647. The molecule has 0 N–H and O–H groups in total. The van der Waals surface area contributed by atoms with Gasteiger partial charge in [0.05, 0.1) is 38.9 Å². The highest BCUT2D eigenvalue weighted by Gasteiger charge is 2.20. The number of unbranched alkanes of at least 4 members (excludes halogenated alkanes) is 30. The van der Waals surface area contributed by atoms with E-state index in [4.69, 9.17) is 17.8 Å². The summed E-state index contributed by atoms with van der Waals surface area (Å²) in [5, 5.41) is 0. The van der Waals surface area contributed by atoms with Gasteiger partial charge in [-0.15, -0.1) is 0 Å². The molecule has 0 radical (unpaired) electrons. The van der Waals surface area contributed by atoms with Crippen LogP contribution in [-0.4, -0.2) is 55.8 Å². The highest BCUT2D eigenvalue weighted by atomic mass is 32.2. The van der Waals surface area contributed by atoms with Crippen molar-refractivity contribution in [1.29, 1.82) is 0 Å². The van der Waals surface area contributed by atoms with E-state index in [-0.39, 0.29) is 13.2 Å². The molecular weight excluding hydrogens is 757 g/mol. The molecule has 0 aromatic heterocycles. The lowest BCUT2D eigenvalue weighted by Crippen LogP contribution is -2.19. The Balaban J connectivity index is 2.47. The third-order valence-corrected chi connectivity index (χ3v) is 12.0. The van der Waals surface area contributed by atoms with Crippen molar-refractivity contribution >= 4 is 20.2 Å². The van der Waals surface area contributed by atoms with Crippen molar-refractivity contribution in [2.45, 2.75) is 225 Å². The van der Waals surface area contributed by atoms with Crippen molar-refractivity contribution in [3.63, 3.8) is 0 Å². The topological polar surface area (TPSA) is 105 Å². The van der Waals surface area contributed by atoms with Crippen molar-refractivity contribution in [3.05, 3.63) is 23.8 Å². The molecule has 0 aliphatic rings. The molecule has 0 unspecified atom stereocenters. The summed E-state index contributed by atoms with van der Waals surface area (Å²) in [5.74, 6) is 0.560. The van der Waals surface area contributed by atoms with Gasteiger partial charge < -0.3 is 9.47 Å². The van der Waals surface area contributed by atoms with Crippen LogP contribution in [0.15, 0.2) is 18.2 Å². The summed E-state index contributed by atoms with van der Waals surface area (Å²) in [6.07, 6.45) is 43.9. The van der Waals surface area contributed by atoms with Crippen molar-refractivity contribution in [2.75, 3.05) is 38.9 Å². The Labute approximate surface area is 353 Å². The van der Waals surface area contributed by atoms with Crippen LogP contribution in [0.4, 0.5) is 0 Å². The standard InChI is InChI=1S/C47H88O8S2/c1-5-7-9-11-13-15-17-19-21-23-25-27-29-31-33-35-37-52-46-39-44(45(42-54-56(3,48)49)43-55-57(4,50)51)40-47(41-46)53-38-36-34-32-30-28-26-24-22-20-18-16-14-12-10-8-6-2/h39-41,45H,5-38,42-43H2,1-4H3. The maximum absolute atomic E-state index is 11.8. The molecule has 0 heterocycles. The minimum Gasteiger partial charge on any atom is -0.493 e. The van der Waals surface area contributed by atoms with Crippen LogP contribution in [0.3, 0.4) is 0 Å². The largest absolute Gasteiger partial charge is 0.493 e. The molecule has 0 aliphatic carbocycles. The fourth-order valence-corrected chi connectivity index (χ4v) is 8.15. The predicted octanol–water partition coefficient (Wildman–Crippen LogP) is 14.0. The monoisotopic (exact) mass is 845 g/mol. The Morgan fingerprint density at radius 3 is 0.877 bits per heavy atom. The van der Waals surface area contributed by atoms with Crippen molar-refractivity contribution < 1.29 is 34.7 Å². The number of hydrogen-bond acceptors (Lipinski definition) is 8. The molecule has 1 aromatic carbocycles. The van der Waals surface area contributed by atoms with Gasteiger partial charge in [0.2, 0.25) is 0 Å². The van der Waals surface area contributed by atoms with E-state index in [0.717, 1.165) is 38.2 Å². The predicted molar refractivity (Wildman–Crippen MR) is 241 cm³/mol. The number of hydrogen-bond donors (Lipinski definition) is 0. The molecule has 0 atom stereocenters. The number of rotatable bonds is 43. The average Bonchev–Trinajstić information content (AvgIpc) is 3.16. The van der Waals surface area contributed by atoms with E-state index in [9.17, 15) is 16.8 Å². The van der Waals surface area contributed by atoms with Crippen LogP contribution in [0.1, 0.15) is 231 Å². The first-order valence-corrected chi connectivity index (χ1v) is 27.3. The van der Waals surface area contributed by atoms with Crippen molar-refractivity contribution in [2.24, 2.45) is 0 Å². The molecule has 8 nitrogen and oxygen atoms in total. The molecule has 0 fully saturated rings. The van der Waals surface area contributed by atoms with Crippen LogP contribution in [0, 0.1) is 0 Å². The SMILES string of the molecule is CCCCCCCCCCCCCCCCCCOc1cc(OCCCCCCCCCCCCCCCCCC)cc(C(COS(C)(=O)=O)COS(C)(=O)=O)c1. The number of ether oxygens (including phenoxy) is 2. The maximum atomic E-state index is 11.8. The van der Waals surface area contributed by atoms with E-state index < -0.39 is 26.2 Å². The zero-order chi connectivity index (χ0) is 41.7. The van der Waals surface area contributed by atoms with Gasteiger partial charge in [-0.2, -0.15) is 16.8 Å². The van der Waals surface area contributed by atoms with Crippen molar-refractivity contribution in [1.82, 2.24) is 0 Å². The molecule has 0 saturated carbocycles. The van der Waals surface area contributed by atoms with Gasteiger partial charge in [0, 0.05) is 12.0 Å². The summed E-state index contributed by atoms with van der Waals surface area (Å²) >= 11 is 0. The smallest absolute Gasteiger partial charge is 0.264 e. The molecule has 57 heavy (non-hydrogen) atoms. The molecule has 0 saturated heterocycles. The van der Waals surface area contributed by atoms with Gasteiger partial charge in [-0.05, 0) is 30.5 Å². The van der Waals surface area contributed by atoms with E-state index in [0.29, 0.717) is 30.3 Å². The third kappa shape index (κ3) is 36.2. The molecule has 0 aliphatic heterocycles. The first-order valence-electron chi connectivity index (χ1n) is 23.6. The van der Waals surface area contributed by atoms with Gasteiger partial charge in [-0.1, -0.05) is 206 Å². The molecular formula is C47H88O8S2. The average molecular weight is 845 g/mol. The maximum Gasteiger partial charge on any atom is 0.264 e. The highest BCUT2D eigenvalue weighted by molar-refractivity contribution is 7.86. The second kappa shape index (κ2) is 36.5. The molecule has 1 rings (SSSR count). The van der Waals surface area contributed by atoms with Crippen LogP contribution in [0.5, 0.6) is 11.5 Å². The number of benzene rings is 1. The lowest BCUT2D eigenvalue weighted by atomic mass is 10.0. The molecule has 0 amide bonds. The molecule has 0 bridgehead atoms. The fourth-order valence-electron chi connectivity index (χ4n) is 7.33. The fraction of sp³-hybridized carbons (Fsp3) is 0.872. The quantitative estimate of drug-likeness (QED) is 0.0473. The third-order valence-electron chi connectivity index (χ3n) is 10.9. The van der Waals surface area contributed by atoms with E-state index in [1.54, 1.807) is 0 Å². The first kappa shape index (κ1) is 53.7. The zero-order valence-corrected chi connectivity index (χ0v) is 39.0. The normalized spacial score (nSPS) is 12.2. The van der Waals surface area contributed by atoms with Gasteiger partial charge >= 0.3 is 0 Å². The summed E-state index contributed by atoms with van der Waals surface area (Å²) in [6, 6.07) is 5.50. The minimum atomic E-state index is -3.75. The summed E-state index contributed by atoms with van der Waals surface area (Å²) in [4.78, 5) is 0. The van der Waals surface area contributed by atoms with E-state index in [1.807, 2.05) is 18.2 Å². The van der Waals surface area contributed by atoms with Gasteiger partial charge in [0.1, 0.15) is 11.5 Å². The van der Waals surface area contributed by atoms with E-state index in [1.165, 1.54) is 180 Å². The van der Waals surface area contributed by atoms with Crippen LogP contribution in [0.25, 0.3) is 0 Å². The van der Waals surface area contributed by atoms with Gasteiger partial charge in [-0.3, -0.25) is 8.37 Å². The minimum absolute atomic E-state index is 0.254. The Hall–Kier alpha value is -1.36. The van der Waals surface area contributed by atoms with E-state index in [2.05, 4.69) is 13.8 Å². The van der Waals surface area contributed by atoms with Crippen LogP contribution in [0.2, 0.25) is 0 Å². The second-order valence-corrected chi connectivity index (χ2v) is 20.0. The Kier molecular flexibility index (Phi) is 34.3. The van der Waals surface area contributed by atoms with Gasteiger partial charge in [0.25, 0.3) is 20.2 Å². The summed E-state index contributed by atoms with van der Waals surface area (Å²) < 4.78 is 69.9. The first-order chi connectivity index (χ1) is 27.5. The highest BCUT2D eigenvalue weighted by Crippen LogP contribution is 2.30. The van der Waals surface area contributed by atoms with Crippen LogP contribution < -0.4 is 9.47 Å². The lowest BCUT2D eigenvalue weighted by Gasteiger charge is -2.19. The Morgan fingerprint density at radius 2 is 0.632 bits per heavy atom. The Bertz CT molecular complexity index is 1180. The van der Waals surface area contributed by atoms with E-state index >= 15 is 0 Å². The molecule has 1 aromatic rings. The van der Waals surface area contributed by atoms with Crippen LogP contribution in [-0.2, 0) is 28.6 Å². The zero-order valence-electron chi connectivity index (χ0n) is 37.3. The molecule has 10 heteroatoms. The van der Waals surface area contributed by atoms with Crippen LogP contribution >= 0.6 is 0 Å². The second-order valence-electron chi connectivity index (χ2n) is 16.7. The lowest BCUT2D eigenvalue weighted by molar-refractivity contribution is 0.227.